The van der Waals surface area contributed by atoms with Gasteiger partial charge in [0.25, 0.3) is 0 Å². The van der Waals surface area contributed by atoms with E-state index in [0.717, 1.165) is 12.1 Å². The van der Waals surface area contributed by atoms with Gasteiger partial charge in [0.15, 0.2) is 0 Å². The molecule has 3 aromatic rings. The molecule has 0 saturated carbocycles. The van der Waals surface area contributed by atoms with Crippen LogP contribution in [0.2, 0.25) is 0 Å². The zero-order valence-electron chi connectivity index (χ0n) is 14.7. The number of carbonyl (C=O) groups excluding carboxylic acids is 1. The minimum atomic E-state index is -0.406. The molecule has 0 aliphatic rings. The van der Waals surface area contributed by atoms with E-state index in [-0.39, 0.29) is 0 Å². The predicted octanol–water partition coefficient (Wildman–Crippen LogP) is 4.31. The highest BCUT2D eigenvalue weighted by Crippen LogP contribution is 2.21. The number of ether oxygens (including phenoxy) is 1. The number of nitrogens with zero attached hydrogens (tertiary/aromatic N) is 2. The van der Waals surface area contributed by atoms with Gasteiger partial charge in [-0.25, -0.2) is 9.78 Å². The van der Waals surface area contributed by atoms with Crippen molar-refractivity contribution in [1.82, 2.24) is 9.97 Å². The van der Waals surface area contributed by atoms with Crippen LogP contribution in [0.5, 0.6) is 0 Å². The van der Waals surface area contributed by atoms with E-state index in [0.29, 0.717) is 23.0 Å². The topological polar surface area (TPSA) is 76.1 Å². The maximum atomic E-state index is 11.9. The van der Waals surface area contributed by atoms with Crippen LogP contribution in [0.15, 0.2) is 60.8 Å². The number of aromatic nitrogens is 2. The lowest BCUT2D eigenvalue weighted by atomic mass is 10.1. The minimum absolute atomic E-state index is 0.406. The molecule has 0 radical (unpaired) electrons. The molecule has 2 aromatic carbocycles. The summed E-state index contributed by atoms with van der Waals surface area (Å²) in [6.07, 6.45) is 2.65. The largest absolute Gasteiger partial charge is 0.465 e. The van der Waals surface area contributed by atoms with Crippen LogP contribution in [-0.4, -0.2) is 23.0 Å². The van der Waals surface area contributed by atoms with E-state index in [1.165, 1.54) is 12.7 Å². The van der Waals surface area contributed by atoms with Gasteiger partial charge in [-0.3, -0.25) is 0 Å². The van der Waals surface area contributed by atoms with E-state index in [9.17, 15) is 4.79 Å². The normalized spacial score (nSPS) is 10.2. The maximum absolute atomic E-state index is 11.9. The molecule has 1 aromatic heterocycles. The molecule has 2 N–H and O–H groups in total. The van der Waals surface area contributed by atoms with Crippen molar-refractivity contribution >= 4 is 29.1 Å². The van der Waals surface area contributed by atoms with Gasteiger partial charge in [-0.2, -0.15) is 4.98 Å². The molecule has 0 bridgehead atoms. The van der Waals surface area contributed by atoms with Crippen molar-refractivity contribution in [3.05, 3.63) is 71.9 Å². The number of anilines is 4. The van der Waals surface area contributed by atoms with Crippen molar-refractivity contribution in [3.63, 3.8) is 0 Å². The first-order valence-electron chi connectivity index (χ1n) is 8.33. The lowest BCUT2D eigenvalue weighted by molar-refractivity contribution is 0.0602. The van der Waals surface area contributed by atoms with E-state index in [1.807, 2.05) is 18.2 Å². The quantitative estimate of drug-likeness (QED) is 0.646. The fourth-order valence-electron chi connectivity index (χ4n) is 2.46. The van der Waals surface area contributed by atoms with Crippen molar-refractivity contribution in [2.75, 3.05) is 17.7 Å². The highest BCUT2D eigenvalue weighted by molar-refractivity contribution is 5.96. The molecule has 132 valence electrons. The molecule has 0 unspecified atom stereocenters. The summed E-state index contributed by atoms with van der Waals surface area (Å²) in [5, 5.41) is 6.32. The second kappa shape index (κ2) is 8.11. The molecule has 0 atom stereocenters. The van der Waals surface area contributed by atoms with E-state index in [1.54, 1.807) is 30.5 Å². The summed E-state index contributed by atoms with van der Waals surface area (Å²) in [4.78, 5) is 20.6. The SMILES string of the molecule is CCc1ccc(Nc2nccc(Nc3ccccc3C(=O)OC)n2)cc1. The van der Waals surface area contributed by atoms with Gasteiger partial charge in [-0.05, 0) is 42.3 Å². The Bertz CT molecular complexity index is 894. The van der Waals surface area contributed by atoms with Crippen molar-refractivity contribution in [2.24, 2.45) is 0 Å². The van der Waals surface area contributed by atoms with Gasteiger partial charge in [0, 0.05) is 11.9 Å². The monoisotopic (exact) mass is 348 g/mol. The molecular formula is C20H20N4O2. The first kappa shape index (κ1) is 17.4. The first-order chi connectivity index (χ1) is 12.7. The van der Waals surface area contributed by atoms with Gasteiger partial charge in [-0.1, -0.05) is 31.2 Å². The van der Waals surface area contributed by atoms with Gasteiger partial charge in [-0.15, -0.1) is 0 Å². The average molecular weight is 348 g/mol. The third-order valence-corrected chi connectivity index (χ3v) is 3.87. The first-order valence-corrected chi connectivity index (χ1v) is 8.33. The molecule has 1 heterocycles. The summed E-state index contributed by atoms with van der Waals surface area (Å²) in [7, 11) is 1.36. The van der Waals surface area contributed by atoms with Crippen LogP contribution >= 0.6 is 0 Å². The summed E-state index contributed by atoms with van der Waals surface area (Å²) in [5.74, 6) is 0.635. The molecular weight excluding hydrogens is 328 g/mol. The second-order valence-electron chi connectivity index (χ2n) is 5.60. The molecule has 26 heavy (non-hydrogen) atoms. The zero-order chi connectivity index (χ0) is 18.4. The Morgan fingerprint density at radius 2 is 1.81 bits per heavy atom. The van der Waals surface area contributed by atoms with Gasteiger partial charge in [0.2, 0.25) is 5.95 Å². The van der Waals surface area contributed by atoms with Crippen molar-refractivity contribution in [2.45, 2.75) is 13.3 Å². The number of carbonyl (C=O) groups is 1. The van der Waals surface area contributed by atoms with Crippen molar-refractivity contribution < 1.29 is 9.53 Å². The van der Waals surface area contributed by atoms with Crippen LogP contribution in [0, 0.1) is 0 Å². The summed E-state index contributed by atoms with van der Waals surface area (Å²) in [6.45, 7) is 2.12. The zero-order valence-corrected chi connectivity index (χ0v) is 14.7. The van der Waals surface area contributed by atoms with Gasteiger partial charge in [0.1, 0.15) is 5.82 Å². The number of nitrogens with one attached hydrogen (secondary N) is 2. The predicted molar refractivity (Wildman–Crippen MR) is 102 cm³/mol. The number of aryl methyl sites for hydroxylation is 1. The molecule has 0 spiro atoms. The Balaban J connectivity index is 1.78. The summed E-state index contributed by atoms with van der Waals surface area (Å²) >= 11 is 0. The van der Waals surface area contributed by atoms with Crippen LogP contribution in [0.25, 0.3) is 0 Å². The number of benzene rings is 2. The lowest BCUT2D eigenvalue weighted by Gasteiger charge is -2.11. The molecule has 0 aliphatic carbocycles. The van der Waals surface area contributed by atoms with Gasteiger partial charge >= 0.3 is 5.97 Å². The number of esters is 1. The maximum Gasteiger partial charge on any atom is 0.339 e. The highest BCUT2D eigenvalue weighted by atomic mass is 16.5. The molecule has 6 nitrogen and oxygen atoms in total. The fraction of sp³-hybridized carbons (Fsp3) is 0.150. The number of hydrogen-bond donors (Lipinski definition) is 2. The third kappa shape index (κ3) is 4.16. The molecule has 0 aliphatic heterocycles. The standard InChI is InChI=1S/C20H20N4O2/c1-3-14-8-10-15(11-9-14)22-20-21-13-12-18(24-20)23-17-7-5-4-6-16(17)19(25)26-2/h4-13H,3H2,1-2H3,(H2,21,22,23,24). The minimum Gasteiger partial charge on any atom is -0.465 e. The molecule has 6 heteroatoms. The van der Waals surface area contributed by atoms with E-state index in [2.05, 4.69) is 39.7 Å². The Hall–Kier alpha value is -3.41. The number of methoxy groups -OCH3 is 1. The fourth-order valence-corrected chi connectivity index (χ4v) is 2.46. The number of para-hydroxylation sites is 1. The molecule has 3 rings (SSSR count). The molecule has 0 fully saturated rings. The lowest BCUT2D eigenvalue weighted by Crippen LogP contribution is -2.06. The van der Waals surface area contributed by atoms with Crippen LogP contribution in [0.1, 0.15) is 22.8 Å². The second-order valence-corrected chi connectivity index (χ2v) is 5.60. The molecule has 0 amide bonds. The highest BCUT2D eigenvalue weighted by Gasteiger charge is 2.11. The van der Waals surface area contributed by atoms with Crippen LogP contribution in [0.3, 0.4) is 0 Å². The van der Waals surface area contributed by atoms with Crippen molar-refractivity contribution in [3.8, 4) is 0 Å². The van der Waals surface area contributed by atoms with E-state index in [4.69, 9.17) is 4.74 Å². The summed E-state index contributed by atoms with van der Waals surface area (Å²) < 4.78 is 4.81. The Labute approximate surface area is 152 Å². The third-order valence-electron chi connectivity index (χ3n) is 3.87. The van der Waals surface area contributed by atoms with E-state index < -0.39 is 5.97 Å². The van der Waals surface area contributed by atoms with Crippen LogP contribution < -0.4 is 10.6 Å². The van der Waals surface area contributed by atoms with Gasteiger partial charge < -0.3 is 15.4 Å². The Kier molecular flexibility index (Phi) is 5.43. The van der Waals surface area contributed by atoms with Crippen molar-refractivity contribution in [1.29, 1.82) is 0 Å². The smallest absolute Gasteiger partial charge is 0.339 e. The van der Waals surface area contributed by atoms with Crippen LogP contribution in [-0.2, 0) is 11.2 Å². The number of hydrogen-bond acceptors (Lipinski definition) is 6. The summed E-state index contributed by atoms with van der Waals surface area (Å²) in [6, 6.07) is 17.0. The Morgan fingerprint density at radius 1 is 1.04 bits per heavy atom. The van der Waals surface area contributed by atoms with E-state index >= 15 is 0 Å². The molecule has 0 saturated heterocycles. The Morgan fingerprint density at radius 3 is 2.54 bits per heavy atom. The number of rotatable bonds is 6. The summed E-state index contributed by atoms with van der Waals surface area (Å²) in [5.41, 5.74) is 3.25. The average Bonchev–Trinajstić information content (AvgIpc) is 2.69. The van der Waals surface area contributed by atoms with Gasteiger partial charge in [0.05, 0.1) is 18.4 Å². The van der Waals surface area contributed by atoms with Crippen LogP contribution in [0.4, 0.5) is 23.1 Å².